The Kier molecular flexibility index (Phi) is 4.91. The first-order chi connectivity index (χ1) is 9.16. The lowest BCUT2D eigenvalue weighted by Gasteiger charge is -2.28. The Morgan fingerprint density at radius 3 is 2.89 bits per heavy atom. The fourth-order valence-electron chi connectivity index (χ4n) is 2.45. The summed E-state index contributed by atoms with van der Waals surface area (Å²) in [5.74, 6) is -0.336. The molecule has 1 heterocycles. The Morgan fingerprint density at radius 2 is 2.21 bits per heavy atom. The third kappa shape index (κ3) is 4.03. The third-order valence-electron chi connectivity index (χ3n) is 3.63. The zero-order valence-corrected chi connectivity index (χ0v) is 11.4. The molecule has 19 heavy (non-hydrogen) atoms. The van der Waals surface area contributed by atoms with E-state index in [-0.39, 0.29) is 18.1 Å². The van der Waals surface area contributed by atoms with Crippen LogP contribution in [0, 0.1) is 5.82 Å². The van der Waals surface area contributed by atoms with Gasteiger partial charge in [0, 0.05) is 19.6 Å². The number of carbonyl (C=O) groups is 1. The highest BCUT2D eigenvalue weighted by molar-refractivity contribution is 5.78. The number of nitrogens with one attached hydrogen (secondary N) is 1. The standard InChI is InChI=1S/C15H21FN2O/c1-18(11-13-7-4-5-9-17-13)15(19)10-12-6-2-3-8-14(12)16/h2-3,6,8,13,17H,4-5,7,9-11H2,1H3. The van der Waals surface area contributed by atoms with Crippen LogP contribution in [0.1, 0.15) is 24.8 Å². The van der Waals surface area contributed by atoms with Crippen LogP contribution in [0.3, 0.4) is 0 Å². The second-order valence-electron chi connectivity index (χ2n) is 5.19. The molecule has 0 saturated carbocycles. The van der Waals surface area contributed by atoms with E-state index in [1.807, 2.05) is 0 Å². The van der Waals surface area contributed by atoms with Crippen molar-refractivity contribution >= 4 is 5.91 Å². The van der Waals surface area contributed by atoms with Gasteiger partial charge in [0.1, 0.15) is 5.82 Å². The average molecular weight is 264 g/mol. The van der Waals surface area contributed by atoms with Gasteiger partial charge in [-0.1, -0.05) is 24.6 Å². The molecule has 104 valence electrons. The molecule has 1 atom stereocenters. The smallest absolute Gasteiger partial charge is 0.226 e. The van der Waals surface area contributed by atoms with Gasteiger partial charge in [-0.15, -0.1) is 0 Å². The molecule has 1 aliphatic heterocycles. The first-order valence-corrected chi connectivity index (χ1v) is 6.87. The predicted octanol–water partition coefficient (Wildman–Crippen LogP) is 1.97. The molecule has 1 aromatic rings. The van der Waals surface area contributed by atoms with Crippen LogP contribution in [0.5, 0.6) is 0 Å². The summed E-state index contributed by atoms with van der Waals surface area (Å²) in [6, 6.07) is 6.84. The minimum atomic E-state index is -0.306. The van der Waals surface area contributed by atoms with Gasteiger partial charge < -0.3 is 10.2 Å². The molecule has 0 aliphatic carbocycles. The van der Waals surface area contributed by atoms with Crippen molar-refractivity contribution in [2.24, 2.45) is 0 Å². The summed E-state index contributed by atoms with van der Waals surface area (Å²) in [4.78, 5) is 13.8. The molecule has 1 fully saturated rings. The van der Waals surface area contributed by atoms with E-state index in [4.69, 9.17) is 0 Å². The summed E-state index contributed by atoms with van der Waals surface area (Å²) >= 11 is 0. The van der Waals surface area contributed by atoms with Crippen molar-refractivity contribution in [1.82, 2.24) is 10.2 Å². The van der Waals surface area contributed by atoms with Crippen molar-refractivity contribution < 1.29 is 9.18 Å². The summed E-state index contributed by atoms with van der Waals surface area (Å²) in [6.07, 6.45) is 3.67. The molecule has 2 rings (SSSR count). The van der Waals surface area contributed by atoms with Crippen molar-refractivity contribution in [1.29, 1.82) is 0 Å². The average Bonchev–Trinajstić information content (AvgIpc) is 2.42. The number of likely N-dealkylation sites (N-methyl/N-ethyl adjacent to an activating group) is 1. The summed E-state index contributed by atoms with van der Waals surface area (Å²) in [5.41, 5.74) is 0.468. The van der Waals surface area contributed by atoms with Crippen LogP contribution < -0.4 is 5.32 Å². The first kappa shape index (κ1) is 14.0. The van der Waals surface area contributed by atoms with Gasteiger partial charge in [-0.3, -0.25) is 4.79 Å². The van der Waals surface area contributed by atoms with E-state index in [0.29, 0.717) is 18.2 Å². The Morgan fingerprint density at radius 1 is 1.42 bits per heavy atom. The molecule has 1 saturated heterocycles. The maximum Gasteiger partial charge on any atom is 0.226 e. The number of piperidine rings is 1. The predicted molar refractivity (Wildman–Crippen MR) is 73.4 cm³/mol. The van der Waals surface area contributed by atoms with E-state index < -0.39 is 0 Å². The molecule has 0 aromatic heterocycles. The second-order valence-corrected chi connectivity index (χ2v) is 5.19. The van der Waals surface area contributed by atoms with E-state index >= 15 is 0 Å². The molecule has 3 nitrogen and oxygen atoms in total. The molecule has 1 aliphatic rings. The quantitative estimate of drug-likeness (QED) is 0.901. The zero-order chi connectivity index (χ0) is 13.7. The topological polar surface area (TPSA) is 32.3 Å². The van der Waals surface area contributed by atoms with Crippen molar-refractivity contribution in [3.8, 4) is 0 Å². The number of hydrogen-bond acceptors (Lipinski definition) is 2. The number of benzene rings is 1. The highest BCUT2D eigenvalue weighted by atomic mass is 19.1. The van der Waals surface area contributed by atoms with E-state index in [2.05, 4.69) is 5.32 Å². The molecular weight excluding hydrogens is 243 g/mol. The van der Waals surface area contributed by atoms with Crippen molar-refractivity contribution in [2.75, 3.05) is 20.1 Å². The monoisotopic (exact) mass is 264 g/mol. The summed E-state index contributed by atoms with van der Waals surface area (Å²) < 4.78 is 13.5. The van der Waals surface area contributed by atoms with Gasteiger partial charge in [0.25, 0.3) is 0 Å². The highest BCUT2D eigenvalue weighted by Gasteiger charge is 2.18. The maximum absolute atomic E-state index is 13.5. The Hall–Kier alpha value is -1.42. The van der Waals surface area contributed by atoms with E-state index in [9.17, 15) is 9.18 Å². The van der Waals surface area contributed by atoms with Gasteiger partial charge >= 0.3 is 0 Å². The number of nitrogens with zero attached hydrogens (tertiary/aromatic N) is 1. The van der Waals surface area contributed by atoms with Gasteiger partial charge in [-0.2, -0.15) is 0 Å². The zero-order valence-electron chi connectivity index (χ0n) is 11.4. The van der Waals surface area contributed by atoms with Gasteiger partial charge in [0.2, 0.25) is 5.91 Å². The lowest BCUT2D eigenvalue weighted by atomic mass is 10.0. The minimum absolute atomic E-state index is 0.0301. The van der Waals surface area contributed by atoms with Gasteiger partial charge in [-0.25, -0.2) is 4.39 Å². The normalized spacial score (nSPS) is 19.2. The molecule has 0 spiro atoms. The molecule has 1 unspecified atom stereocenters. The summed E-state index contributed by atoms with van der Waals surface area (Å²) in [7, 11) is 1.79. The van der Waals surface area contributed by atoms with Crippen LogP contribution in [0.2, 0.25) is 0 Å². The van der Waals surface area contributed by atoms with Crippen LogP contribution in [-0.4, -0.2) is 37.0 Å². The molecule has 1 N–H and O–H groups in total. The molecule has 0 radical (unpaired) electrons. The van der Waals surface area contributed by atoms with E-state index in [1.54, 1.807) is 30.1 Å². The van der Waals surface area contributed by atoms with E-state index in [1.165, 1.54) is 18.9 Å². The number of halogens is 1. The third-order valence-corrected chi connectivity index (χ3v) is 3.63. The van der Waals surface area contributed by atoms with Crippen molar-refractivity contribution in [2.45, 2.75) is 31.7 Å². The first-order valence-electron chi connectivity index (χ1n) is 6.87. The van der Waals surface area contributed by atoms with Crippen LogP contribution in [0.25, 0.3) is 0 Å². The largest absolute Gasteiger partial charge is 0.344 e. The highest BCUT2D eigenvalue weighted by Crippen LogP contribution is 2.11. The fraction of sp³-hybridized carbons (Fsp3) is 0.533. The van der Waals surface area contributed by atoms with E-state index in [0.717, 1.165) is 13.0 Å². The molecule has 0 bridgehead atoms. The number of carbonyl (C=O) groups excluding carboxylic acids is 1. The van der Waals surface area contributed by atoms with Crippen LogP contribution in [0.15, 0.2) is 24.3 Å². The summed E-state index contributed by atoms with van der Waals surface area (Å²) in [5, 5.41) is 3.41. The lowest BCUT2D eigenvalue weighted by molar-refractivity contribution is -0.129. The molecule has 1 amide bonds. The molecule has 4 heteroatoms. The Labute approximate surface area is 113 Å². The van der Waals surface area contributed by atoms with Crippen molar-refractivity contribution in [3.05, 3.63) is 35.6 Å². The van der Waals surface area contributed by atoms with Gasteiger partial charge in [-0.05, 0) is 31.0 Å². The van der Waals surface area contributed by atoms with Crippen molar-refractivity contribution in [3.63, 3.8) is 0 Å². The Bertz CT molecular complexity index is 430. The SMILES string of the molecule is CN(CC1CCCCN1)C(=O)Cc1ccccc1F. The summed E-state index contributed by atoms with van der Waals surface area (Å²) in [6.45, 7) is 1.73. The minimum Gasteiger partial charge on any atom is -0.344 e. The fourth-order valence-corrected chi connectivity index (χ4v) is 2.45. The second kappa shape index (κ2) is 6.66. The van der Waals surface area contributed by atoms with Gasteiger partial charge in [0.15, 0.2) is 0 Å². The molecule has 1 aromatic carbocycles. The number of rotatable bonds is 4. The maximum atomic E-state index is 13.5. The van der Waals surface area contributed by atoms with Crippen LogP contribution in [-0.2, 0) is 11.2 Å². The van der Waals surface area contributed by atoms with Gasteiger partial charge in [0.05, 0.1) is 6.42 Å². The Balaban J connectivity index is 1.87. The number of hydrogen-bond donors (Lipinski definition) is 1. The number of amides is 1. The van der Waals surface area contributed by atoms with Crippen LogP contribution >= 0.6 is 0 Å². The lowest BCUT2D eigenvalue weighted by Crippen LogP contribution is -2.44. The molecular formula is C15H21FN2O. The van der Waals surface area contributed by atoms with Crippen LogP contribution in [0.4, 0.5) is 4.39 Å².